The molecule has 0 N–H and O–H groups in total. The van der Waals surface area contributed by atoms with Crippen LogP contribution >= 0.6 is 0 Å². The van der Waals surface area contributed by atoms with Crippen molar-refractivity contribution in [3.8, 4) is 0 Å². The molecule has 0 bridgehead atoms. The van der Waals surface area contributed by atoms with Crippen molar-refractivity contribution in [2.75, 3.05) is 26.7 Å². The molecule has 1 aromatic heterocycles. The summed E-state index contributed by atoms with van der Waals surface area (Å²) in [5.41, 5.74) is 1.79. The van der Waals surface area contributed by atoms with Crippen LogP contribution in [0.1, 0.15) is 29.6 Å². The van der Waals surface area contributed by atoms with E-state index >= 15 is 0 Å². The first-order valence-corrected chi connectivity index (χ1v) is 7.67. The summed E-state index contributed by atoms with van der Waals surface area (Å²) in [7, 11) is 1.41. The third-order valence-electron chi connectivity index (χ3n) is 4.30. The summed E-state index contributed by atoms with van der Waals surface area (Å²) < 4.78 is 7.04. The number of carbonyl (C=O) groups excluding carboxylic acids is 1. The molecule has 3 rings (SSSR count). The van der Waals surface area contributed by atoms with Gasteiger partial charge < -0.3 is 14.2 Å². The van der Waals surface area contributed by atoms with Gasteiger partial charge in [0.25, 0.3) is 0 Å². The van der Waals surface area contributed by atoms with Gasteiger partial charge in [-0.05, 0) is 50.2 Å². The highest BCUT2D eigenvalue weighted by atomic mass is 16.5. The van der Waals surface area contributed by atoms with E-state index in [4.69, 9.17) is 4.74 Å². The Morgan fingerprint density at radius 1 is 1.14 bits per heavy atom. The number of nitrogens with zero attached hydrogens (tertiary/aromatic N) is 2. The van der Waals surface area contributed by atoms with Crippen molar-refractivity contribution < 1.29 is 9.53 Å². The molecule has 0 spiro atoms. The number of aromatic nitrogens is 1. The highest BCUT2D eigenvalue weighted by Crippen LogP contribution is 2.19. The molecule has 0 atom stereocenters. The fourth-order valence-electron chi connectivity index (χ4n) is 3.07. The summed E-state index contributed by atoms with van der Waals surface area (Å²) >= 11 is 0. The molecule has 1 aromatic carbocycles. The van der Waals surface area contributed by atoms with Crippen LogP contribution in [0.3, 0.4) is 0 Å². The van der Waals surface area contributed by atoms with Gasteiger partial charge in [0, 0.05) is 30.2 Å². The molecule has 2 aromatic rings. The Bertz CT molecular complexity index is 627. The van der Waals surface area contributed by atoms with Gasteiger partial charge in [0.1, 0.15) is 0 Å². The molecule has 0 saturated carbocycles. The number of methoxy groups -OCH3 is 1. The van der Waals surface area contributed by atoms with Gasteiger partial charge >= 0.3 is 5.97 Å². The highest BCUT2D eigenvalue weighted by molar-refractivity contribution is 5.94. The second-order valence-electron chi connectivity index (χ2n) is 5.68. The lowest BCUT2D eigenvalue weighted by atomic mass is 10.1. The minimum atomic E-state index is -0.280. The van der Waals surface area contributed by atoms with Crippen molar-refractivity contribution in [1.82, 2.24) is 9.47 Å². The molecule has 4 nitrogen and oxygen atoms in total. The Hall–Kier alpha value is -1.81. The molecule has 1 fully saturated rings. The number of carbonyl (C=O) groups is 1. The number of piperidine rings is 1. The predicted molar refractivity (Wildman–Crippen MR) is 83.6 cm³/mol. The van der Waals surface area contributed by atoms with Gasteiger partial charge in [-0.15, -0.1) is 0 Å². The molecular weight excluding hydrogens is 264 g/mol. The number of fused-ring (bicyclic) bond motifs is 1. The van der Waals surface area contributed by atoms with Crippen molar-refractivity contribution in [3.63, 3.8) is 0 Å². The number of likely N-dealkylation sites (tertiary alicyclic amines) is 1. The number of esters is 1. The summed E-state index contributed by atoms with van der Waals surface area (Å²) in [6, 6.07) is 7.82. The fraction of sp³-hybridized carbons (Fsp3) is 0.471. The highest BCUT2D eigenvalue weighted by Gasteiger charge is 2.11. The number of hydrogen-bond acceptors (Lipinski definition) is 3. The Morgan fingerprint density at radius 2 is 1.95 bits per heavy atom. The zero-order chi connectivity index (χ0) is 14.7. The van der Waals surface area contributed by atoms with Crippen LogP contribution in [0.25, 0.3) is 10.9 Å². The molecule has 0 radical (unpaired) electrons. The number of ether oxygens (including phenoxy) is 1. The second-order valence-corrected chi connectivity index (χ2v) is 5.68. The minimum absolute atomic E-state index is 0.280. The van der Waals surface area contributed by atoms with E-state index in [2.05, 4.69) is 21.7 Å². The zero-order valence-electron chi connectivity index (χ0n) is 12.5. The molecule has 0 aliphatic carbocycles. The molecule has 0 unspecified atom stereocenters. The van der Waals surface area contributed by atoms with E-state index in [1.807, 2.05) is 18.2 Å². The minimum Gasteiger partial charge on any atom is -0.465 e. The Labute approximate surface area is 125 Å². The summed E-state index contributed by atoms with van der Waals surface area (Å²) in [4.78, 5) is 14.1. The lowest BCUT2D eigenvalue weighted by Gasteiger charge is -2.26. The van der Waals surface area contributed by atoms with Gasteiger partial charge in [-0.25, -0.2) is 4.79 Å². The second kappa shape index (κ2) is 6.31. The van der Waals surface area contributed by atoms with Gasteiger partial charge in [-0.1, -0.05) is 6.42 Å². The average Bonchev–Trinajstić information content (AvgIpc) is 2.95. The van der Waals surface area contributed by atoms with Gasteiger partial charge in [-0.2, -0.15) is 0 Å². The van der Waals surface area contributed by atoms with Crippen LogP contribution < -0.4 is 0 Å². The van der Waals surface area contributed by atoms with Crippen LogP contribution in [0.2, 0.25) is 0 Å². The molecule has 1 aliphatic rings. The Morgan fingerprint density at radius 3 is 2.71 bits per heavy atom. The first-order valence-electron chi connectivity index (χ1n) is 7.67. The Balaban J connectivity index is 1.72. The lowest BCUT2D eigenvalue weighted by Crippen LogP contribution is -2.32. The molecule has 1 aliphatic heterocycles. The molecule has 1 saturated heterocycles. The summed E-state index contributed by atoms with van der Waals surface area (Å²) in [5, 5.41) is 1.09. The van der Waals surface area contributed by atoms with Crippen LogP contribution in [0.5, 0.6) is 0 Å². The first-order chi connectivity index (χ1) is 10.3. The zero-order valence-corrected chi connectivity index (χ0v) is 12.5. The van der Waals surface area contributed by atoms with E-state index in [9.17, 15) is 4.79 Å². The summed E-state index contributed by atoms with van der Waals surface area (Å²) in [6.07, 6.45) is 6.14. The molecule has 112 valence electrons. The van der Waals surface area contributed by atoms with E-state index in [0.29, 0.717) is 5.56 Å². The SMILES string of the molecule is COC(=O)c1ccc2c(ccn2CCN2CCCCC2)c1. The smallest absolute Gasteiger partial charge is 0.337 e. The first kappa shape index (κ1) is 14.1. The quantitative estimate of drug-likeness (QED) is 0.811. The maximum Gasteiger partial charge on any atom is 0.337 e. The molecule has 2 heterocycles. The molecule has 4 heteroatoms. The van der Waals surface area contributed by atoms with E-state index in [-0.39, 0.29) is 5.97 Å². The number of benzene rings is 1. The van der Waals surface area contributed by atoms with Gasteiger partial charge in [-0.3, -0.25) is 0 Å². The fourth-order valence-corrected chi connectivity index (χ4v) is 3.07. The maximum absolute atomic E-state index is 11.6. The van der Waals surface area contributed by atoms with Crippen molar-refractivity contribution in [3.05, 3.63) is 36.0 Å². The van der Waals surface area contributed by atoms with Gasteiger partial charge in [0.2, 0.25) is 0 Å². The lowest BCUT2D eigenvalue weighted by molar-refractivity contribution is 0.0601. The predicted octanol–water partition coefficient (Wildman–Crippen LogP) is 2.91. The normalized spacial score (nSPS) is 16.2. The largest absolute Gasteiger partial charge is 0.465 e. The monoisotopic (exact) mass is 286 g/mol. The summed E-state index contributed by atoms with van der Waals surface area (Å²) in [6.45, 7) is 4.56. The maximum atomic E-state index is 11.6. The number of rotatable bonds is 4. The summed E-state index contributed by atoms with van der Waals surface area (Å²) in [5.74, 6) is -0.280. The van der Waals surface area contributed by atoms with E-state index in [1.54, 1.807) is 0 Å². The van der Waals surface area contributed by atoms with Crippen LogP contribution in [0, 0.1) is 0 Å². The van der Waals surface area contributed by atoms with Crippen LogP contribution in [-0.2, 0) is 11.3 Å². The van der Waals surface area contributed by atoms with Crippen LogP contribution in [-0.4, -0.2) is 42.2 Å². The number of hydrogen-bond donors (Lipinski definition) is 0. The van der Waals surface area contributed by atoms with Gasteiger partial charge in [0.15, 0.2) is 0 Å². The van der Waals surface area contributed by atoms with Crippen molar-refractivity contribution in [1.29, 1.82) is 0 Å². The van der Waals surface area contributed by atoms with Crippen LogP contribution in [0.15, 0.2) is 30.5 Å². The Kier molecular flexibility index (Phi) is 4.25. The van der Waals surface area contributed by atoms with E-state index < -0.39 is 0 Å². The third-order valence-corrected chi connectivity index (χ3v) is 4.30. The third kappa shape index (κ3) is 3.10. The molecular formula is C17H22N2O2. The van der Waals surface area contributed by atoms with E-state index in [1.165, 1.54) is 45.0 Å². The van der Waals surface area contributed by atoms with E-state index in [0.717, 1.165) is 18.5 Å². The average molecular weight is 286 g/mol. The van der Waals surface area contributed by atoms with Crippen molar-refractivity contribution in [2.24, 2.45) is 0 Å². The van der Waals surface area contributed by atoms with Crippen molar-refractivity contribution in [2.45, 2.75) is 25.8 Å². The molecule has 0 amide bonds. The topological polar surface area (TPSA) is 34.5 Å². The van der Waals surface area contributed by atoms with Crippen LogP contribution in [0.4, 0.5) is 0 Å². The molecule has 21 heavy (non-hydrogen) atoms. The van der Waals surface area contributed by atoms with Gasteiger partial charge in [0.05, 0.1) is 12.7 Å². The van der Waals surface area contributed by atoms with Crippen molar-refractivity contribution >= 4 is 16.9 Å². The standard InChI is InChI=1S/C17H22N2O2/c1-21-17(20)15-5-6-16-14(13-15)7-10-19(16)12-11-18-8-3-2-4-9-18/h5-7,10,13H,2-4,8-9,11-12H2,1H3.